The van der Waals surface area contributed by atoms with E-state index >= 15 is 0 Å². The zero-order chi connectivity index (χ0) is 44.0. The SMILES string of the molecule is F[B-](F)(F)F.F[B-](F)(F)F.c1ccc(-c2cc(-c3ccccc3)[n+](CCCC[n+]3c(-c4ccccc4)cc(-c4ccccc4)cc3-c3ccccc3)c(-c3ccccc3)c2)cc1. The number of hydrogen-bond acceptors (Lipinski definition) is 0. The first-order valence-corrected chi connectivity index (χ1v) is 20.0. The van der Waals surface area contributed by atoms with Crippen molar-refractivity contribution < 1.29 is 43.7 Å². The summed E-state index contributed by atoms with van der Waals surface area (Å²) in [7, 11) is -12.0. The topological polar surface area (TPSA) is 7.76 Å². The molecule has 62 heavy (non-hydrogen) atoms. The smallest absolute Gasteiger partial charge is 0.418 e. The molecule has 0 bridgehead atoms. The van der Waals surface area contributed by atoms with Gasteiger partial charge in [-0.1, -0.05) is 133 Å². The van der Waals surface area contributed by atoms with E-state index in [9.17, 15) is 34.5 Å². The molecule has 0 fully saturated rings. The fraction of sp³-hybridized carbons (Fsp3) is 0.0800. The van der Waals surface area contributed by atoms with E-state index in [4.69, 9.17) is 0 Å². The lowest BCUT2D eigenvalue weighted by Crippen LogP contribution is -2.41. The lowest BCUT2D eigenvalue weighted by Gasteiger charge is -2.14. The summed E-state index contributed by atoms with van der Waals surface area (Å²) in [6.45, 7) is 1.79. The van der Waals surface area contributed by atoms with Gasteiger partial charge in [0.05, 0.1) is 0 Å². The third-order valence-electron chi connectivity index (χ3n) is 9.84. The Morgan fingerprint density at radius 2 is 0.435 bits per heavy atom. The second-order valence-corrected chi connectivity index (χ2v) is 14.2. The van der Waals surface area contributed by atoms with Crippen molar-refractivity contribution in [1.82, 2.24) is 0 Å². The summed E-state index contributed by atoms with van der Waals surface area (Å²) < 4.78 is 83.1. The molecule has 2 nitrogen and oxygen atoms in total. The molecule has 0 unspecified atom stereocenters. The Morgan fingerprint density at radius 3 is 0.629 bits per heavy atom. The first-order chi connectivity index (χ1) is 29.8. The number of aromatic nitrogens is 2. The second kappa shape index (κ2) is 21.1. The largest absolute Gasteiger partial charge is 0.673 e. The van der Waals surface area contributed by atoms with Gasteiger partial charge in [0, 0.05) is 59.4 Å². The molecule has 0 aliphatic rings. The molecule has 0 atom stereocenters. The van der Waals surface area contributed by atoms with Crippen LogP contribution in [0.25, 0.3) is 67.3 Å². The Labute approximate surface area is 356 Å². The minimum Gasteiger partial charge on any atom is -0.418 e. The van der Waals surface area contributed by atoms with Gasteiger partial charge in [0.1, 0.15) is 13.1 Å². The van der Waals surface area contributed by atoms with Crippen LogP contribution in [0.4, 0.5) is 34.5 Å². The highest BCUT2D eigenvalue weighted by Gasteiger charge is 2.26. The third-order valence-corrected chi connectivity index (χ3v) is 9.84. The number of pyridine rings is 2. The first kappa shape index (κ1) is 44.7. The normalized spacial score (nSPS) is 11.2. The van der Waals surface area contributed by atoms with Gasteiger partial charge in [-0.05, 0) is 70.8 Å². The second-order valence-electron chi connectivity index (χ2n) is 14.2. The molecule has 0 N–H and O–H groups in total. The van der Waals surface area contributed by atoms with Crippen molar-refractivity contribution in [2.24, 2.45) is 0 Å². The Kier molecular flexibility index (Phi) is 15.2. The van der Waals surface area contributed by atoms with E-state index in [1.165, 1.54) is 67.3 Å². The van der Waals surface area contributed by atoms with E-state index < -0.39 is 14.5 Å². The molecule has 12 heteroatoms. The van der Waals surface area contributed by atoms with Crippen molar-refractivity contribution in [2.45, 2.75) is 25.9 Å². The molecular formula is C50H42B2F8N2. The van der Waals surface area contributed by atoms with Crippen LogP contribution in [-0.2, 0) is 13.1 Å². The predicted molar refractivity (Wildman–Crippen MR) is 235 cm³/mol. The van der Waals surface area contributed by atoms with Gasteiger partial charge in [0.25, 0.3) is 0 Å². The molecular weight excluding hydrogens is 802 g/mol. The summed E-state index contributed by atoms with van der Waals surface area (Å²) in [5, 5.41) is 0. The summed E-state index contributed by atoms with van der Waals surface area (Å²) in [6.07, 6.45) is 2.04. The van der Waals surface area contributed by atoms with Crippen molar-refractivity contribution in [3.05, 3.63) is 206 Å². The highest BCUT2D eigenvalue weighted by atomic mass is 19.5. The number of nitrogens with zero attached hydrogens (tertiary/aromatic N) is 2. The number of halogens is 8. The van der Waals surface area contributed by atoms with Crippen molar-refractivity contribution in [3.8, 4) is 67.3 Å². The Bertz CT molecular complexity index is 2280. The van der Waals surface area contributed by atoms with Gasteiger partial charge in [-0.15, -0.1) is 0 Å². The van der Waals surface area contributed by atoms with Crippen molar-refractivity contribution >= 4 is 14.5 Å². The van der Waals surface area contributed by atoms with Crippen molar-refractivity contribution in [1.29, 1.82) is 0 Å². The molecule has 0 aliphatic heterocycles. The molecule has 2 aromatic heterocycles. The van der Waals surface area contributed by atoms with Crippen LogP contribution in [0.2, 0.25) is 0 Å². The minimum atomic E-state index is -6.00. The maximum atomic E-state index is 9.75. The highest BCUT2D eigenvalue weighted by Crippen LogP contribution is 2.31. The molecule has 0 spiro atoms. The fourth-order valence-electron chi connectivity index (χ4n) is 7.25. The van der Waals surface area contributed by atoms with Crippen LogP contribution in [0.1, 0.15) is 12.8 Å². The monoisotopic (exact) mass is 844 g/mol. The lowest BCUT2D eigenvalue weighted by atomic mass is 9.98. The summed E-state index contributed by atoms with van der Waals surface area (Å²) in [4.78, 5) is 0. The van der Waals surface area contributed by atoms with E-state index in [1.54, 1.807) is 0 Å². The van der Waals surface area contributed by atoms with Crippen LogP contribution in [0.5, 0.6) is 0 Å². The average molecular weight is 845 g/mol. The summed E-state index contributed by atoms with van der Waals surface area (Å²) in [5.74, 6) is 0. The summed E-state index contributed by atoms with van der Waals surface area (Å²) in [6, 6.07) is 74.4. The third kappa shape index (κ3) is 13.3. The molecule has 314 valence electrons. The van der Waals surface area contributed by atoms with E-state index in [-0.39, 0.29) is 0 Å². The molecule has 8 rings (SSSR count). The maximum Gasteiger partial charge on any atom is 0.673 e. The molecule has 0 aliphatic carbocycles. The number of unbranched alkanes of at least 4 members (excludes halogenated alkanes) is 1. The van der Waals surface area contributed by atoms with Crippen molar-refractivity contribution in [3.63, 3.8) is 0 Å². The zero-order valence-electron chi connectivity index (χ0n) is 33.5. The molecule has 2 heterocycles. The zero-order valence-corrected chi connectivity index (χ0v) is 33.5. The van der Waals surface area contributed by atoms with Crippen LogP contribution < -0.4 is 9.13 Å². The summed E-state index contributed by atoms with van der Waals surface area (Å²) in [5.41, 5.74) is 14.7. The minimum absolute atomic E-state index is 0.896. The maximum absolute atomic E-state index is 9.75. The van der Waals surface area contributed by atoms with Crippen molar-refractivity contribution in [2.75, 3.05) is 0 Å². The molecule has 0 saturated heterocycles. The number of rotatable bonds is 11. The molecule has 0 saturated carbocycles. The van der Waals surface area contributed by atoms with Crippen LogP contribution in [-0.4, -0.2) is 14.5 Å². The molecule has 6 aromatic carbocycles. The first-order valence-electron chi connectivity index (χ1n) is 20.0. The van der Waals surface area contributed by atoms with Gasteiger partial charge in [-0.25, -0.2) is 0 Å². The predicted octanol–water partition coefficient (Wildman–Crippen LogP) is 14.3. The number of benzene rings is 6. The lowest BCUT2D eigenvalue weighted by molar-refractivity contribution is -0.687. The van der Waals surface area contributed by atoms with E-state index in [0.29, 0.717) is 0 Å². The van der Waals surface area contributed by atoms with Crippen LogP contribution >= 0.6 is 0 Å². The van der Waals surface area contributed by atoms with E-state index in [0.717, 1.165) is 25.9 Å². The Balaban J connectivity index is 0.000000578. The van der Waals surface area contributed by atoms with Gasteiger partial charge in [0.15, 0.2) is 0 Å². The molecule has 0 radical (unpaired) electrons. The highest BCUT2D eigenvalue weighted by molar-refractivity contribution is 6.50. The fourth-order valence-corrected chi connectivity index (χ4v) is 7.25. The molecule has 0 amide bonds. The van der Waals surface area contributed by atoms with Crippen LogP contribution in [0.15, 0.2) is 206 Å². The van der Waals surface area contributed by atoms with Gasteiger partial charge < -0.3 is 34.5 Å². The standard InChI is InChI=1S/C50H42N2.2BF4/c1-7-21-39(22-8-1)45-35-47(41-25-11-3-12-26-41)51(48(36-45)42-27-13-4-14-28-42)33-19-20-34-52-49(43-29-15-5-16-30-43)37-46(40-23-9-2-10-24-40)38-50(52)44-31-17-6-18-32-44;2*2-1(3,4)5/h1-18,21-32,35-38H,19-20,33-34H2;;/q+2;2*-1. The van der Waals surface area contributed by atoms with Gasteiger partial charge in [-0.2, -0.15) is 9.13 Å². The van der Waals surface area contributed by atoms with Crippen LogP contribution in [0.3, 0.4) is 0 Å². The number of hydrogen-bond donors (Lipinski definition) is 0. The van der Waals surface area contributed by atoms with E-state index in [2.05, 4.69) is 215 Å². The van der Waals surface area contributed by atoms with Gasteiger partial charge >= 0.3 is 14.5 Å². The van der Waals surface area contributed by atoms with Crippen LogP contribution in [0, 0.1) is 0 Å². The quantitative estimate of drug-likeness (QED) is 0.0530. The average Bonchev–Trinajstić information content (AvgIpc) is 3.28. The Morgan fingerprint density at radius 1 is 0.258 bits per heavy atom. The Hall–Kier alpha value is -6.81. The van der Waals surface area contributed by atoms with Gasteiger partial charge in [0.2, 0.25) is 22.8 Å². The molecule has 8 aromatic rings. The summed E-state index contributed by atoms with van der Waals surface area (Å²) >= 11 is 0. The van der Waals surface area contributed by atoms with E-state index in [1.807, 2.05) is 0 Å². The van der Waals surface area contributed by atoms with Gasteiger partial charge in [-0.3, -0.25) is 0 Å².